The summed E-state index contributed by atoms with van der Waals surface area (Å²) in [6.07, 6.45) is 0. The summed E-state index contributed by atoms with van der Waals surface area (Å²) in [5.74, 6) is -0.316. The molecule has 2 rings (SSSR count). The molecule has 32 heavy (non-hydrogen) atoms. The summed E-state index contributed by atoms with van der Waals surface area (Å²) < 4.78 is 42.3. The van der Waals surface area contributed by atoms with Gasteiger partial charge in [-0.2, -0.15) is 4.72 Å². The molecule has 174 valence electrons. The lowest BCUT2D eigenvalue weighted by molar-refractivity contribution is -0.149. The molecule has 0 saturated heterocycles. The third kappa shape index (κ3) is 6.84. The van der Waals surface area contributed by atoms with E-state index in [1.165, 1.54) is 45.4 Å². The van der Waals surface area contributed by atoms with Gasteiger partial charge >= 0.3 is 5.97 Å². The highest BCUT2D eigenvalue weighted by atomic mass is 35.5. The normalized spacial score (nSPS) is 13.0. The fourth-order valence-electron chi connectivity index (χ4n) is 2.76. The van der Waals surface area contributed by atoms with Crippen molar-refractivity contribution in [1.82, 2.24) is 10.0 Å². The molecule has 0 aliphatic carbocycles. The first-order chi connectivity index (χ1) is 15.1. The summed E-state index contributed by atoms with van der Waals surface area (Å²) in [4.78, 5) is 24.3. The first kappa shape index (κ1) is 25.4. The summed E-state index contributed by atoms with van der Waals surface area (Å²) in [6.45, 7) is 2.47. The van der Waals surface area contributed by atoms with Crippen LogP contribution in [0.25, 0.3) is 0 Å². The van der Waals surface area contributed by atoms with Gasteiger partial charge in [-0.05, 0) is 56.3 Å². The van der Waals surface area contributed by atoms with Crippen LogP contribution in [-0.2, 0) is 24.3 Å². The van der Waals surface area contributed by atoms with Gasteiger partial charge < -0.3 is 19.5 Å². The summed E-state index contributed by atoms with van der Waals surface area (Å²) in [7, 11) is -0.933. The zero-order chi connectivity index (χ0) is 23.9. The van der Waals surface area contributed by atoms with Crippen molar-refractivity contribution in [3.63, 3.8) is 0 Å². The highest BCUT2D eigenvalue weighted by Gasteiger charge is 2.24. The zero-order valence-corrected chi connectivity index (χ0v) is 19.6. The highest BCUT2D eigenvalue weighted by molar-refractivity contribution is 7.89. The molecule has 2 aromatic rings. The highest BCUT2D eigenvalue weighted by Crippen LogP contribution is 2.29. The molecule has 1 amide bonds. The van der Waals surface area contributed by atoms with Crippen molar-refractivity contribution in [1.29, 1.82) is 0 Å². The monoisotopic (exact) mass is 484 g/mol. The number of methoxy groups -OCH3 is 2. The molecule has 11 heteroatoms. The lowest BCUT2D eigenvalue weighted by Crippen LogP contribution is -2.41. The molecule has 1 unspecified atom stereocenters. The van der Waals surface area contributed by atoms with Crippen molar-refractivity contribution >= 4 is 33.5 Å². The minimum Gasteiger partial charge on any atom is -0.497 e. The first-order valence-electron chi connectivity index (χ1n) is 9.53. The number of esters is 1. The third-order valence-corrected chi connectivity index (χ3v) is 6.24. The van der Waals surface area contributed by atoms with Crippen molar-refractivity contribution in [2.75, 3.05) is 20.8 Å². The second-order valence-corrected chi connectivity index (χ2v) is 8.95. The Balaban J connectivity index is 1.92. The second kappa shape index (κ2) is 11.2. The van der Waals surface area contributed by atoms with E-state index in [1.54, 1.807) is 25.1 Å². The molecule has 0 heterocycles. The number of benzene rings is 2. The number of sulfonamides is 1. The largest absolute Gasteiger partial charge is 0.497 e. The number of rotatable bonds is 10. The number of hydrogen-bond donors (Lipinski definition) is 2. The number of halogens is 1. The van der Waals surface area contributed by atoms with Gasteiger partial charge in [0, 0.05) is 10.6 Å². The third-order valence-electron chi connectivity index (χ3n) is 4.44. The summed E-state index contributed by atoms with van der Waals surface area (Å²) in [6, 6.07) is 8.95. The second-order valence-electron chi connectivity index (χ2n) is 6.80. The smallest absolute Gasteiger partial charge is 0.324 e. The maximum absolute atomic E-state index is 12.3. The van der Waals surface area contributed by atoms with Crippen LogP contribution in [-0.4, -0.2) is 47.2 Å². The number of ether oxygens (including phenoxy) is 3. The maximum Gasteiger partial charge on any atom is 0.324 e. The standard InChI is InChI=1S/C21H25ClN2O7S/c1-13(18-11-16(29-3)7-10-19(18)30-4)23-20(25)12-31-21(26)14(2)24-32(27,28)17-8-5-15(22)6-9-17/h5-11,13-14,24H,12H2,1-4H3,(H,23,25)/t13?,14-/m0/s1. The van der Waals surface area contributed by atoms with Crippen LogP contribution in [0.3, 0.4) is 0 Å². The average Bonchev–Trinajstić information content (AvgIpc) is 2.76. The molecule has 0 radical (unpaired) electrons. The molecule has 9 nitrogen and oxygen atoms in total. The van der Waals surface area contributed by atoms with Crippen LogP contribution in [0.15, 0.2) is 47.4 Å². The lowest BCUT2D eigenvalue weighted by atomic mass is 10.1. The van der Waals surface area contributed by atoms with Crippen LogP contribution in [0.2, 0.25) is 5.02 Å². The minimum absolute atomic E-state index is 0.0552. The molecule has 0 spiro atoms. The fraction of sp³-hybridized carbons (Fsp3) is 0.333. The first-order valence-corrected chi connectivity index (χ1v) is 11.4. The predicted molar refractivity (Wildman–Crippen MR) is 118 cm³/mol. The van der Waals surface area contributed by atoms with Gasteiger partial charge in [-0.25, -0.2) is 8.42 Å². The van der Waals surface area contributed by atoms with E-state index in [0.717, 1.165) is 0 Å². The Bertz CT molecular complexity index is 1060. The SMILES string of the molecule is COc1ccc(OC)c(C(C)NC(=O)COC(=O)[C@H](C)NS(=O)(=O)c2ccc(Cl)cc2)c1. The number of carbonyl (C=O) groups is 2. The number of hydrogen-bond acceptors (Lipinski definition) is 7. The number of nitrogens with one attached hydrogen (secondary N) is 2. The molecular weight excluding hydrogens is 460 g/mol. The van der Waals surface area contributed by atoms with E-state index < -0.39 is 40.6 Å². The van der Waals surface area contributed by atoms with E-state index in [1.807, 2.05) is 0 Å². The molecule has 0 aliphatic rings. The van der Waals surface area contributed by atoms with E-state index in [4.69, 9.17) is 25.8 Å². The van der Waals surface area contributed by atoms with Crippen molar-refractivity contribution in [3.05, 3.63) is 53.1 Å². The molecule has 0 saturated carbocycles. The quantitative estimate of drug-likeness (QED) is 0.497. The molecule has 2 N–H and O–H groups in total. The molecule has 2 atom stereocenters. The van der Waals surface area contributed by atoms with Crippen LogP contribution in [0.1, 0.15) is 25.5 Å². The summed E-state index contributed by atoms with van der Waals surface area (Å²) >= 11 is 5.76. The van der Waals surface area contributed by atoms with Crippen molar-refractivity contribution in [3.8, 4) is 11.5 Å². The van der Waals surface area contributed by atoms with E-state index in [9.17, 15) is 18.0 Å². The van der Waals surface area contributed by atoms with Gasteiger partial charge in [-0.15, -0.1) is 0 Å². The van der Waals surface area contributed by atoms with Crippen LogP contribution in [0, 0.1) is 0 Å². The Morgan fingerprint density at radius 3 is 2.28 bits per heavy atom. The Kier molecular flexibility index (Phi) is 8.88. The lowest BCUT2D eigenvalue weighted by Gasteiger charge is -2.19. The van der Waals surface area contributed by atoms with E-state index in [2.05, 4.69) is 10.0 Å². The zero-order valence-electron chi connectivity index (χ0n) is 18.0. The fourth-order valence-corrected chi connectivity index (χ4v) is 4.08. The minimum atomic E-state index is -3.97. The van der Waals surface area contributed by atoms with Crippen LogP contribution < -0.4 is 19.5 Å². The van der Waals surface area contributed by atoms with Crippen molar-refractivity contribution in [2.24, 2.45) is 0 Å². The Hall–Kier alpha value is -2.82. The number of carbonyl (C=O) groups excluding carboxylic acids is 2. The summed E-state index contributed by atoms with van der Waals surface area (Å²) in [5, 5.41) is 3.07. The molecule has 2 aromatic carbocycles. The van der Waals surface area contributed by atoms with Crippen LogP contribution in [0.4, 0.5) is 0 Å². The molecular formula is C21H25ClN2O7S. The van der Waals surface area contributed by atoms with Crippen LogP contribution >= 0.6 is 11.6 Å². The van der Waals surface area contributed by atoms with Gasteiger partial charge in [0.2, 0.25) is 10.0 Å². The summed E-state index contributed by atoms with van der Waals surface area (Å²) in [5.41, 5.74) is 0.676. The molecule has 0 bridgehead atoms. The van der Waals surface area contributed by atoms with Gasteiger partial charge in [-0.3, -0.25) is 9.59 Å². The molecule has 0 aromatic heterocycles. The van der Waals surface area contributed by atoms with Gasteiger partial charge in [0.15, 0.2) is 6.61 Å². The Morgan fingerprint density at radius 2 is 1.69 bits per heavy atom. The van der Waals surface area contributed by atoms with Crippen molar-refractivity contribution < 1.29 is 32.2 Å². The van der Waals surface area contributed by atoms with Gasteiger partial charge in [-0.1, -0.05) is 11.6 Å². The molecule has 0 aliphatic heterocycles. The van der Waals surface area contributed by atoms with Gasteiger partial charge in [0.25, 0.3) is 5.91 Å². The number of amides is 1. The maximum atomic E-state index is 12.3. The molecule has 0 fully saturated rings. The van der Waals surface area contributed by atoms with Crippen molar-refractivity contribution in [2.45, 2.75) is 30.8 Å². The van der Waals surface area contributed by atoms with Gasteiger partial charge in [0.1, 0.15) is 17.5 Å². The van der Waals surface area contributed by atoms with E-state index >= 15 is 0 Å². The van der Waals surface area contributed by atoms with Gasteiger partial charge in [0.05, 0.1) is 25.2 Å². The van der Waals surface area contributed by atoms with Crippen LogP contribution in [0.5, 0.6) is 11.5 Å². The Labute approximate surface area is 192 Å². The Morgan fingerprint density at radius 1 is 1.03 bits per heavy atom. The predicted octanol–water partition coefficient (Wildman–Crippen LogP) is 2.44. The topological polar surface area (TPSA) is 120 Å². The average molecular weight is 485 g/mol. The van der Waals surface area contributed by atoms with E-state index in [-0.39, 0.29) is 4.90 Å². The van der Waals surface area contributed by atoms with E-state index in [0.29, 0.717) is 22.1 Å².